The first-order chi connectivity index (χ1) is 8.28. The first-order valence-electron chi connectivity index (χ1n) is 5.49. The number of aromatic nitrogens is 2. The number of hydrogen-bond acceptors (Lipinski definition) is 6. The average molecular weight is 234 g/mol. The molecular weight excluding hydrogens is 220 g/mol. The zero-order valence-corrected chi connectivity index (χ0v) is 9.59. The van der Waals surface area contributed by atoms with Crippen LogP contribution in [0.4, 0.5) is 0 Å². The number of nitriles is 1. The molecule has 1 saturated heterocycles. The van der Waals surface area contributed by atoms with Gasteiger partial charge in [-0.25, -0.2) is 9.97 Å². The number of nitrogens with one attached hydrogen (secondary N) is 1. The molecule has 6 nitrogen and oxygen atoms in total. The van der Waals surface area contributed by atoms with Gasteiger partial charge in [-0.3, -0.25) is 0 Å². The Morgan fingerprint density at radius 3 is 3.06 bits per heavy atom. The van der Waals surface area contributed by atoms with Crippen molar-refractivity contribution in [2.24, 2.45) is 0 Å². The summed E-state index contributed by atoms with van der Waals surface area (Å²) in [5, 5.41) is 11.8. The van der Waals surface area contributed by atoms with Gasteiger partial charge in [0.2, 0.25) is 5.88 Å². The Hall–Kier alpha value is -1.71. The van der Waals surface area contributed by atoms with E-state index < -0.39 is 0 Å². The predicted octanol–water partition coefficient (Wildman–Crippen LogP) is 0.104. The lowest BCUT2D eigenvalue weighted by Gasteiger charge is -2.28. The first kappa shape index (κ1) is 11.8. The normalized spacial score (nSPS) is 24.0. The largest absolute Gasteiger partial charge is 0.474 e. The van der Waals surface area contributed by atoms with Crippen molar-refractivity contribution in [3.05, 3.63) is 18.1 Å². The van der Waals surface area contributed by atoms with Gasteiger partial charge >= 0.3 is 0 Å². The van der Waals surface area contributed by atoms with Crippen LogP contribution in [0.15, 0.2) is 12.4 Å². The zero-order chi connectivity index (χ0) is 12.1. The van der Waals surface area contributed by atoms with E-state index in [9.17, 15) is 0 Å². The van der Waals surface area contributed by atoms with Gasteiger partial charge in [0.15, 0.2) is 5.69 Å². The van der Waals surface area contributed by atoms with E-state index in [-0.39, 0.29) is 17.9 Å². The van der Waals surface area contributed by atoms with Crippen molar-refractivity contribution in [3.63, 3.8) is 0 Å². The third-order valence-corrected chi connectivity index (χ3v) is 2.39. The number of morpholine rings is 1. The molecule has 1 aliphatic heterocycles. The third-order valence-electron chi connectivity index (χ3n) is 2.39. The fraction of sp³-hybridized carbons (Fsp3) is 0.545. The lowest BCUT2D eigenvalue weighted by atomic mass is 10.2. The van der Waals surface area contributed by atoms with Gasteiger partial charge in [-0.15, -0.1) is 0 Å². The molecule has 0 radical (unpaired) electrons. The van der Waals surface area contributed by atoms with Crippen LogP contribution in [0.2, 0.25) is 0 Å². The fourth-order valence-electron chi connectivity index (χ4n) is 1.60. The SMILES string of the molecule is CC1CNCC(COc2cnc(C#N)cn2)O1. The quantitative estimate of drug-likeness (QED) is 0.799. The molecule has 90 valence electrons. The van der Waals surface area contributed by atoms with Gasteiger partial charge < -0.3 is 14.8 Å². The second-order valence-corrected chi connectivity index (χ2v) is 3.89. The predicted molar refractivity (Wildman–Crippen MR) is 59.4 cm³/mol. The standard InChI is InChI=1S/C11H14N4O2/c1-8-3-13-5-10(17-8)7-16-11-6-14-9(2-12)4-15-11/h4,6,8,10,13H,3,5,7H2,1H3. The van der Waals surface area contributed by atoms with Crippen molar-refractivity contribution in [2.75, 3.05) is 19.7 Å². The van der Waals surface area contributed by atoms with Crippen molar-refractivity contribution in [3.8, 4) is 11.9 Å². The fourth-order valence-corrected chi connectivity index (χ4v) is 1.60. The summed E-state index contributed by atoms with van der Waals surface area (Å²) in [6.07, 6.45) is 3.05. The zero-order valence-electron chi connectivity index (χ0n) is 9.59. The van der Waals surface area contributed by atoms with Crippen LogP contribution in [0.5, 0.6) is 5.88 Å². The molecule has 2 rings (SSSR count). The van der Waals surface area contributed by atoms with Crippen LogP contribution in [0.25, 0.3) is 0 Å². The molecule has 0 bridgehead atoms. The van der Waals surface area contributed by atoms with Crippen LogP contribution >= 0.6 is 0 Å². The molecule has 0 saturated carbocycles. The maximum atomic E-state index is 8.57. The molecule has 0 aromatic carbocycles. The van der Waals surface area contributed by atoms with Crippen molar-refractivity contribution in [1.29, 1.82) is 5.26 Å². The Bertz CT molecular complexity index is 401. The Labute approximate surface area is 99.6 Å². The minimum atomic E-state index is 0.0243. The van der Waals surface area contributed by atoms with Gasteiger partial charge in [0.25, 0.3) is 0 Å². The van der Waals surface area contributed by atoms with Crippen LogP contribution in [0, 0.1) is 11.3 Å². The number of ether oxygens (including phenoxy) is 2. The Kier molecular flexibility index (Phi) is 3.85. The molecule has 2 heterocycles. The van der Waals surface area contributed by atoms with Crippen LogP contribution in [0.1, 0.15) is 12.6 Å². The minimum Gasteiger partial charge on any atom is -0.474 e. The minimum absolute atomic E-state index is 0.0243. The molecular formula is C11H14N4O2. The number of rotatable bonds is 3. The van der Waals surface area contributed by atoms with Gasteiger partial charge in [0, 0.05) is 13.1 Å². The highest BCUT2D eigenvalue weighted by atomic mass is 16.5. The highest BCUT2D eigenvalue weighted by molar-refractivity contribution is 5.18. The molecule has 17 heavy (non-hydrogen) atoms. The Morgan fingerprint density at radius 1 is 1.53 bits per heavy atom. The molecule has 0 spiro atoms. The second-order valence-electron chi connectivity index (χ2n) is 3.89. The number of hydrogen-bond donors (Lipinski definition) is 1. The van der Waals surface area contributed by atoms with Gasteiger partial charge in [-0.1, -0.05) is 0 Å². The molecule has 1 aromatic rings. The van der Waals surface area contributed by atoms with E-state index in [2.05, 4.69) is 15.3 Å². The van der Waals surface area contributed by atoms with Gasteiger partial charge in [-0.2, -0.15) is 5.26 Å². The van der Waals surface area contributed by atoms with Crippen LogP contribution in [0.3, 0.4) is 0 Å². The van der Waals surface area contributed by atoms with Gasteiger partial charge in [0.05, 0.1) is 18.5 Å². The van der Waals surface area contributed by atoms with Crippen LogP contribution < -0.4 is 10.1 Å². The summed E-state index contributed by atoms with van der Waals surface area (Å²) in [5.74, 6) is 0.408. The monoisotopic (exact) mass is 234 g/mol. The summed E-state index contributed by atoms with van der Waals surface area (Å²) >= 11 is 0. The average Bonchev–Trinajstić information content (AvgIpc) is 2.37. The van der Waals surface area contributed by atoms with Gasteiger partial charge in [0.1, 0.15) is 18.8 Å². The van der Waals surface area contributed by atoms with Crippen molar-refractivity contribution < 1.29 is 9.47 Å². The van der Waals surface area contributed by atoms with E-state index in [0.717, 1.165) is 13.1 Å². The maximum Gasteiger partial charge on any atom is 0.232 e. The van der Waals surface area contributed by atoms with E-state index in [1.807, 2.05) is 13.0 Å². The summed E-state index contributed by atoms with van der Waals surface area (Å²) in [7, 11) is 0. The molecule has 2 unspecified atom stereocenters. The highest BCUT2D eigenvalue weighted by Crippen LogP contribution is 2.07. The molecule has 1 N–H and O–H groups in total. The lowest BCUT2D eigenvalue weighted by Crippen LogP contribution is -2.45. The Morgan fingerprint density at radius 2 is 2.41 bits per heavy atom. The van der Waals surface area contributed by atoms with Crippen LogP contribution in [-0.2, 0) is 4.74 Å². The third kappa shape index (κ3) is 3.37. The molecule has 1 fully saturated rings. The van der Waals surface area contributed by atoms with E-state index in [1.165, 1.54) is 12.4 Å². The lowest BCUT2D eigenvalue weighted by molar-refractivity contribution is -0.0477. The highest BCUT2D eigenvalue weighted by Gasteiger charge is 2.19. The van der Waals surface area contributed by atoms with Crippen molar-refractivity contribution in [1.82, 2.24) is 15.3 Å². The topological polar surface area (TPSA) is 80.1 Å². The Balaban J connectivity index is 1.83. The smallest absolute Gasteiger partial charge is 0.232 e. The first-order valence-corrected chi connectivity index (χ1v) is 5.49. The van der Waals surface area contributed by atoms with Crippen molar-refractivity contribution in [2.45, 2.75) is 19.1 Å². The number of nitrogens with zero attached hydrogens (tertiary/aromatic N) is 3. The molecule has 1 aromatic heterocycles. The second kappa shape index (κ2) is 5.57. The van der Waals surface area contributed by atoms with Gasteiger partial charge in [-0.05, 0) is 6.92 Å². The molecule has 0 aliphatic carbocycles. The summed E-state index contributed by atoms with van der Waals surface area (Å²) in [5.41, 5.74) is 0.279. The van der Waals surface area contributed by atoms with E-state index in [1.54, 1.807) is 0 Å². The molecule has 6 heteroatoms. The van der Waals surface area contributed by atoms with E-state index in [4.69, 9.17) is 14.7 Å². The maximum absolute atomic E-state index is 8.57. The molecule has 0 amide bonds. The van der Waals surface area contributed by atoms with E-state index in [0.29, 0.717) is 12.5 Å². The summed E-state index contributed by atoms with van der Waals surface area (Å²) in [4.78, 5) is 7.84. The molecule has 2 atom stereocenters. The van der Waals surface area contributed by atoms with E-state index >= 15 is 0 Å². The van der Waals surface area contributed by atoms with Crippen molar-refractivity contribution >= 4 is 0 Å². The summed E-state index contributed by atoms with van der Waals surface area (Å²) in [6.45, 7) is 4.08. The summed E-state index contributed by atoms with van der Waals surface area (Å²) in [6, 6.07) is 1.90. The van der Waals surface area contributed by atoms with Crippen LogP contribution in [-0.4, -0.2) is 41.9 Å². The summed E-state index contributed by atoms with van der Waals surface area (Å²) < 4.78 is 11.1. The molecule has 1 aliphatic rings.